The van der Waals surface area contributed by atoms with Crippen LogP contribution in [0.3, 0.4) is 0 Å². The molecule has 1 atom stereocenters. The van der Waals surface area contributed by atoms with Crippen LogP contribution in [0.2, 0.25) is 0 Å². The molecule has 0 aromatic heterocycles. The highest BCUT2D eigenvalue weighted by molar-refractivity contribution is 5.96. The van der Waals surface area contributed by atoms with E-state index < -0.39 is 23.7 Å². The number of methoxy groups -OCH3 is 1. The zero-order valence-electron chi connectivity index (χ0n) is 12.5. The summed E-state index contributed by atoms with van der Waals surface area (Å²) < 4.78 is 17.8. The van der Waals surface area contributed by atoms with Crippen molar-refractivity contribution in [1.29, 1.82) is 0 Å². The smallest absolute Gasteiger partial charge is 0.328 e. The molecule has 0 aliphatic carbocycles. The van der Waals surface area contributed by atoms with E-state index >= 15 is 0 Å². The molecule has 0 fully saturated rings. The number of carbonyl (C=O) groups is 2. The van der Waals surface area contributed by atoms with E-state index in [0.29, 0.717) is 6.42 Å². The molecule has 0 aliphatic rings. The van der Waals surface area contributed by atoms with Crippen molar-refractivity contribution in [2.24, 2.45) is 0 Å². The second kappa shape index (κ2) is 9.10. The summed E-state index contributed by atoms with van der Waals surface area (Å²) in [5.74, 6) is -1.43. The van der Waals surface area contributed by atoms with Crippen LogP contribution in [-0.2, 0) is 9.53 Å². The summed E-state index contributed by atoms with van der Waals surface area (Å²) in [5.41, 5.74) is 0.192. The topological polar surface area (TPSA) is 55.4 Å². The zero-order valence-corrected chi connectivity index (χ0v) is 12.5. The van der Waals surface area contributed by atoms with Gasteiger partial charge in [-0.15, -0.1) is 0 Å². The molecule has 1 N–H and O–H groups in total. The Labute approximate surface area is 124 Å². The lowest BCUT2D eigenvalue weighted by Gasteiger charge is -2.16. The maximum atomic E-state index is 13.1. The molecule has 5 heteroatoms. The van der Waals surface area contributed by atoms with Gasteiger partial charge >= 0.3 is 5.97 Å². The number of amides is 1. The number of unbranched alkanes of at least 4 members (excludes halogenated alkanes) is 3. The summed E-state index contributed by atoms with van der Waals surface area (Å²) in [6, 6.07) is 4.67. The van der Waals surface area contributed by atoms with Gasteiger partial charge in [-0.1, -0.05) is 38.7 Å². The van der Waals surface area contributed by atoms with Crippen LogP contribution in [0.4, 0.5) is 4.39 Å². The van der Waals surface area contributed by atoms with E-state index in [9.17, 15) is 14.0 Å². The Kier molecular flexibility index (Phi) is 7.43. The van der Waals surface area contributed by atoms with Crippen molar-refractivity contribution in [2.45, 2.75) is 45.1 Å². The van der Waals surface area contributed by atoms with Crippen molar-refractivity contribution in [3.05, 3.63) is 35.6 Å². The van der Waals surface area contributed by atoms with Gasteiger partial charge in [-0.2, -0.15) is 0 Å². The molecule has 4 nitrogen and oxygen atoms in total. The van der Waals surface area contributed by atoms with Gasteiger partial charge in [0.1, 0.15) is 11.9 Å². The predicted octanol–water partition coefficient (Wildman–Crippen LogP) is 3.07. The summed E-state index contributed by atoms with van der Waals surface area (Å²) in [6.45, 7) is 2.10. The minimum atomic E-state index is -0.692. The average molecular weight is 295 g/mol. The second-order valence-electron chi connectivity index (χ2n) is 4.91. The van der Waals surface area contributed by atoms with Crippen molar-refractivity contribution >= 4 is 11.9 Å². The fraction of sp³-hybridized carbons (Fsp3) is 0.500. The van der Waals surface area contributed by atoms with Crippen LogP contribution in [-0.4, -0.2) is 25.0 Å². The van der Waals surface area contributed by atoms with Crippen LogP contribution in [0, 0.1) is 5.82 Å². The Balaban J connectivity index is 2.63. The first-order valence-electron chi connectivity index (χ1n) is 7.22. The van der Waals surface area contributed by atoms with E-state index in [1.807, 2.05) is 0 Å². The number of halogens is 1. The molecule has 0 aliphatic heterocycles. The number of benzene rings is 1. The van der Waals surface area contributed by atoms with Gasteiger partial charge in [-0.3, -0.25) is 4.79 Å². The van der Waals surface area contributed by atoms with Crippen molar-refractivity contribution in [2.75, 3.05) is 7.11 Å². The Bertz CT molecular complexity index is 476. The first kappa shape index (κ1) is 17.1. The van der Waals surface area contributed by atoms with E-state index in [0.717, 1.165) is 31.7 Å². The number of esters is 1. The Morgan fingerprint density at radius 2 is 2.05 bits per heavy atom. The van der Waals surface area contributed by atoms with Gasteiger partial charge in [-0.25, -0.2) is 9.18 Å². The third kappa shape index (κ3) is 5.94. The highest BCUT2D eigenvalue weighted by atomic mass is 19.1. The molecule has 0 saturated heterocycles. The fourth-order valence-corrected chi connectivity index (χ4v) is 2.04. The molecule has 1 rings (SSSR count). The van der Waals surface area contributed by atoms with Gasteiger partial charge in [0.25, 0.3) is 5.91 Å². The number of nitrogens with one attached hydrogen (secondary N) is 1. The van der Waals surface area contributed by atoms with Crippen LogP contribution in [0.5, 0.6) is 0 Å². The number of ether oxygens (including phenoxy) is 1. The highest BCUT2D eigenvalue weighted by Crippen LogP contribution is 2.09. The lowest BCUT2D eigenvalue weighted by molar-refractivity contribution is -0.143. The summed E-state index contributed by atoms with van der Waals surface area (Å²) in [4.78, 5) is 23.7. The van der Waals surface area contributed by atoms with E-state index in [1.165, 1.54) is 25.3 Å². The molecular formula is C16H22FNO3. The van der Waals surface area contributed by atoms with E-state index in [1.54, 1.807) is 0 Å². The fourth-order valence-electron chi connectivity index (χ4n) is 2.04. The van der Waals surface area contributed by atoms with Gasteiger partial charge < -0.3 is 10.1 Å². The minimum absolute atomic E-state index is 0.192. The molecule has 21 heavy (non-hydrogen) atoms. The summed E-state index contributed by atoms with van der Waals surface area (Å²) >= 11 is 0. The molecule has 1 aromatic rings. The highest BCUT2D eigenvalue weighted by Gasteiger charge is 2.21. The van der Waals surface area contributed by atoms with Crippen LogP contribution >= 0.6 is 0 Å². The Morgan fingerprint density at radius 3 is 2.67 bits per heavy atom. The quantitative estimate of drug-likeness (QED) is 0.592. The van der Waals surface area contributed by atoms with Crippen molar-refractivity contribution in [1.82, 2.24) is 5.32 Å². The molecule has 0 bridgehead atoms. The standard InChI is InChI=1S/C16H22FNO3/c1-3-4-5-6-10-14(16(20)21-2)18-15(19)12-8-7-9-13(17)11-12/h7-9,11,14H,3-6,10H2,1-2H3,(H,18,19)/t14-/m1/s1. The van der Waals surface area contributed by atoms with Gasteiger partial charge in [0, 0.05) is 5.56 Å². The normalized spacial score (nSPS) is 11.8. The number of hydrogen-bond donors (Lipinski definition) is 1. The second-order valence-corrected chi connectivity index (χ2v) is 4.91. The van der Waals surface area contributed by atoms with Gasteiger partial charge in [0.05, 0.1) is 7.11 Å². The number of carbonyl (C=O) groups excluding carboxylic acids is 2. The largest absolute Gasteiger partial charge is 0.467 e. The SMILES string of the molecule is CCCCCC[C@@H](NC(=O)c1cccc(F)c1)C(=O)OC. The molecule has 1 amide bonds. The van der Waals surface area contributed by atoms with Gasteiger partial charge in [0.2, 0.25) is 0 Å². The van der Waals surface area contributed by atoms with Gasteiger partial charge in [-0.05, 0) is 24.6 Å². The molecule has 116 valence electrons. The summed E-state index contributed by atoms with van der Waals surface area (Å²) in [6.07, 6.45) is 4.54. The van der Waals surface area contributed by atoms with Crippen LogP contribution < -0.4 is 5.32 Å². The molecular weight excluding hydrogens is 273 g/mol. The minimum Gasteiger partial charge on any atom is -0.467 e. The van der Waals surface area contributed by atoms with Crippen molar-refractivity contribution < 1.29 is 18.7 Å². The number of hydrogen-bond acceptors (Lipinski definition) is 3. The molecule has 0 spiro atoms. The van der Waals surface area contributed by atoms with Gasteiger partial charge in [0.15, 0.2) is 0 Å². The van der Waals surface area contributed by atoms with Crippen molar-refractivity contribution in [3.8, 4) is 0 Å². The average Bonchev–Trinajstić information content (AvgIpc) is 2.49. The number of rotatable bonds is 8. The Hall–Kier alpha value is -1.91. The molecule has 0 unspecified atom stereocenters. The predicted molar refractivity (Wildman–Crippen MR) is 78.4 cm³/mol. The molecule has 0 saturated carbocycles. The summed E-state index contributed by atoms with van der Waals surface area (Å²) in [5, 5.41) is 2.61. The Morgan fingerprint density at radius 1 is 1.29 bits per heavy atom. The monoisotopic (exact) mass is 295 g/mol. The third-order valence-electron chi connectivity index (χ3n) is 3.22. The van der Waals surface area contributed by atoms with Crippen LogP contribution in [0.1, 0.15) is 49.4 Å². The van der Waals surface area contributed by atoms with Crippen LogP contribution in [0.15, 0.2) is 24.3 Å². The lowest BCUT2D eigenvalue weighted by atomic mass is 10.1. The first-order valence-corrected chi connectivity index (χ1v) is 7.22. The zero-order chi connectivity index (χ0) is 15.7. The molecule has 0 heterocycles. The van der Waals surface area contributed by atoms with E-state index in [-0.39, 0.29) is 5.56 Å². The molecule has 1 aromatic carbocycles. The molecule has 0 radical (unpaired) electrons. The maximum Gasteiger partial charge on any atom is 0.328 e. The first-order chi connectivity index (χ1) is 10.1. The van der Waals surface area contributed by atoms with E-state index in [2.05, 4.69) is 12.2 Å². The summed E-state index contributed by atoms with van der Waals surface area (Å²) in [7, 11) is 1.29. The maximum absolute atomic E-state index is 13.1. The lowest BCUT2D eigenvalue weighted by Crippen LogP contribution is -2.41. The van der Waals surface area contributed by atoms with Crippen molar-refractivity contribution in [3.63, 3.8) is 0 Å². The van der Waals surface area contributed by atoms with Crippen LogP contribution in [0.25, 0.3) is 0 Å². The third-order valence-corrected chi connectivity index (χ3v) is 3.22. The van der Waals surface area contributed by atoms with E-state index in [4.69, 9.17) is 4.74 Å².